The number of aromatic nitrogens is 2. The summed E-state index contributed by atoms with van der Waals surface area (Å²) < 4.78 is 5.10. The highest BCUT2D eigenvalue weighted by Gasteiger charge is 2.29. The molecule has 5 nitrogen and oxygen atoms in total. The lowest BCUT2D eigenvalue weighted by molar-refractivity contribution is 0.0165. The molecule has 0 aliphatic heterocycles. The monoisotopic (exact) mass is 251 g/mol. The molecular formula is C13H21N3O2. The molecule has 1 fully saturated rings. The smallest absolute Gasteiger partial charge is 0.226 e. The molecule has 1 aromatic heterocycles. The van der Waals surface area contributed by atoms with Crippen molar-refractivity contribution in [2.24, 2.45) is 0 Å². The maximum atomic E-state index is 10.4. The van der Waals surface area contributed by atoms with Crippen molar-refractivity contribution >= 4 is 5.95 Å². The lowest BCUT2D eigenvalue weighted by atomic mass is 9.85. The zero-order valence-corrected chi connectivity index (χ0v) is 11.1. The van der Waals surface area contributed by atoms with Crippen LogP contribution < -0.4 is 10.1 Å². The van der Waals surface area contributed by atoms with E-state index in [4.69, 9.17) is 4.74 Å². The van der Waals surface area contributed by atoms with Crippen LogP contribution in [0.25, 0.3) is 0 Å². The van der Waals surface area contributed by atoms with Gasteiger partial charge in [-0.05, 0) is 19.8 Å². The molecule has 1 aliphatic carbocycles. The van der Waals surface area contributed by atoms with E-state index in [2.05, 4.69) is 15.3 Å². The number of rotatable bonds is 4. The van der Waals surface area contributed by atoms with Crippen molar-refractivity contribution in [2.45, 2.75) is 44.6 Å². The first kappa shape index (κ1) is 13.1. The van der Waals surface area contributed by atoms with Crippen molar-refractivity contribution in [1.82, 2.24) is 9.97 Å². The molecule has 100 valence electrons. The molecule has 1 aliphatic rings. The van der Waals surface area contributed by atoms with E-state index in [1.807, 2.05) is 6.92 Å². The Balaban J connectivity index is 1.98. The Hall–Kier alpha value is -1.36. The van der Waals surface area contributed by atoms with E-state index in [0.29, 0.717) is 18.4 Å². The van der Waals surface area contributed by atoms with Crippen molar-refractivity contribution in [1.29, 1.82) is 0 Å². The minimum absolute atomic E-state index is 0.500. The van der Waals surface area contributed by atoms with Crippen LogP contribution in [0.15, 0.2) is 6.07 Å². The third-order valence-electron chi connectivity index (χ3n) is 3.40. The van der Waals surface area contributed by atoms with E-state index in [1.165, 1.54) is 6.42 Å². The van der Waals surface area contributed by atoms with E-state index in [-0.39, 0.29) is 0 Å². The van der Waals surface area contributed by atoms with Gasteiger partial charge in [-0.3, -0.25) is 0 Å². The average molecular weight is 251 g/mol. The fourth-order valence-electron chi connectivity index (χ4n) is 2.35. The highest BCUT2D eigenvalue weighted by molar-refractivity contribution is 5.31. The summed E-state index contributed by atoms with van der Waals surface area (Å²) in [4.78, 5) is 8.50. The third-order valence-corrected chi connectivity index (χ3v) is 3.40. The number of ether oxygens (including phenoxy) is 1. The molecule has 5 heteroatoms. The van der Waals surface area contributed by atoms with Crippen LogP contribution in [0.2, 0.25) is 0 Å². The van der Waals surface area contributed by atoms with Gasteiger partial charge in [-0.1, -0.05) is 19.3 Å². The van der Waals surface area contributed by atoms with Crippen LogP contribution in [0.4, 0.5) is 5.95 Å². The van der Waals surface area contributed by atoms with Gasteiger partial charge in [0.2, 0.25) is 11.8 Å². The summed E-state index contributed by atoms with van der Waals surface area (Å²) in [5.41, 5.74) is 0.235. The normalized spacial score (nSPS) is 18.4. The Morgan fingerprint density at radius 1 is 1.33 bits per heavy atom. The van der Waals surface area contributed by atoms with E-state index < -0.39 is 5.60 Å². The van der Waals surface area contributed by atoms with E-state index >= 15 is 0 Å². The predicted octanol–water partition coefficient (Wildman–Crippen LogP) is 1.90. The number of nitrogens with one attached hydrogen (secondary N) is 1. The summed E-state index contributed by atoms with van der Waals surface area (Å²) in [6.45, 7) is 2.39. The SMILES string of the molecule is COc1cc(C)nc(NCC2(O)CCCCC2)n1. The Morgan fingerprint density at radius 3 is 2.72 bits per heavy atom. The molecule has 2 N–H and O–H groups in total. The van der Waals surface area contributed by atoms with Gasteiger partial charge in [0.05, 0.1) is 12.7 Å². The van der Waals surface area contributed by atoms with Crippen LogP contribution in [0, 0.1) is 6.92 Å². The summed E-state index contributed by atoms with van der Waals surface area (Å²) in [6, 6.07) is 1.78. The predicted molar refractivity (Wildman–Crippen MR) is 69.8 cm³/mol. The van der Waals surface area contributed by atoms with E-state index in [9.17, 15) is 5.11 Å². The lowest BCUT2D eigenvalue weighted by Gasteiger charge is -2.32. The molecule has 0 spiro atoms. The number of nitrogens with zero attached hydrogens (tertiary/aromatic N) is 2. The molecular weight excluding hydrogens is 230 g/mol. The molecule has 0 saturated heterocycles. The molecule has 1 aromatic rings. The van der Waals surface area contributed by atoms with E-state index in [1.54, 1.807) is 13.2 Å². The van der Waals surface area contributed by atoms with Crippen molar-refractivity contribution in [3.63, 3.8) is 0 Å². The standard InChI is InChI=1S/C13H21N3O2/c1-10-8-11(18-2)16-12(15-10)14-9-13(17)6-4-3-5-7-13/h8,17H,3-7,9H2,1-2H3,(H,14,15,16). The van der Waals surface area contributed by atoms with Gasteiger partial charge in [-0.15, -0.1) is 0 Å². The van der Waals surface area contributed by atoms with Gasteiger partial charge < -0.3 is 15.2 Å². The maximum Gasteiger partial charge on any atom is 0.226 e. The molecule has 0 aromatic carbocycles. The van der Waals surface area contributed by atoms with Crippen LogP contribution in [0.3, 0.4) is 0 Å². The molecule has 0 unspecified atom stereocenters. The van der Waals surface area contributed by atoms with Crippen LogP contribution in [-0.2, 0) is 0 Å². The molecule has 0 amide bonds. The fraction of sp³-hybridized carbons (Fsp3) is 0.692. The van der Waals surface area contributed by atoms with Gasteiger partial charge in [-0.2, -0.15) is 4.98 Å². The minimum Gasteiger partial charge on any atom is -0.481 e. The first-order valence-corrected chi connectivity index (χ1v) is 6.47. The molecule has 1 heterocycles. The highest BCUT2D eigenvalue weighted by Crippen LogP contribution is 2.28. The summed E-state index contributed by atoms with van der Waals surface area (Å²) in [6.07, 6.45) is 5.11. The Kier molecular flexibility index (Phi) is 4.01. The van der Waals surface area contributed by atoms with Crippen LogP contribution in [-0.4, -0.2) is 34.3 Å². The van der Waals surface area contributed by atoms with Gasteiger partial charge in [0.25, 0.3) is 0 Å². The second kappa shape index (κ2) is 5.52. The van der Waals surface area contributed by atoms with Gasteiger partial charge in [0.15, 0.2) is 0 Å². The quantitative estimate of drug-likeness (QED) is 0.855. The largest absolute Gasteiger partial charge is 0.481 e. The first-order chi connectivity index (χ1) is 8.61. The van der Waals surface area contributed by atoms with E-state index in [0.717, 1.165) is 31.4 Å². The molecule has 0 radical (unpaired) electrons. The maximum absolute atomic E-state index is 10.4. The molecule has 0 bridgehead atoms. The highest BCUT2D eigenvalue weighted by atomic mass is 16.5. The Labute approximate surface area is 108 Å². The number of aliphatic hydroxyl groups is 1. The first-order valence-electron chi connectivity index (χ1n) is 6.47. The second-order valence-electron chi connectivity index (χ2n) is 5.01. The fourth-order valence-corrected chi connectivity index (χ4v) is 2.35. The van der Waals surface area contributed by atoms with Crippen molar-refractivity contribution in [3.05, 3.63) is 11.8 Å². The van der Waals surface area contributed by atoms with Crippen LogP contribution >= 0.6 is 0 Å². The number of anilines is 1. The summed E-state index contributed by atoms with van der Waals surface area (Å²) >= 11 is 0. The van der Waals surface area contributed by atoms with Crippen molar-refractivity contribution < 1.29 is 9.84 Å². The van der Waals surface area contributed by atoms with Crippen LogP contribution in [0.5, 0.6) is 5.88 Å². The summed E-state index contributed by atoms with van der Waals surface area (Å²) in [5, 5.41) is 13.5. The zero-order chi connectivity index (χ0) is 13.0. The topological polar surface area (TPSA) is 67.3 Å². The van der Waals surface area contributed by atoms with Gasteiger partial charge in [0.1, 0.15) is 0 Å². The molecule has 1 saturated carbocycles. The number of methoxy groups -OCH3 is 1. The molecule has 2 rings (SSSR count). The summed E-state index contributed by atoms with van der Waals surface area (Å²) in [5.74, 6) is 1.06. The van der Waals surface area contributed by atoms with Crippen molar-refractivity contribution in [2.75, 3.05) is 19.0 Å². The number of hydrogen-bond acceptors (Lipinski definition) is 5. The molecule has 18 heavy (non-hydrogen) atoms. The number of aryl methyl sites for hydroxylation is 1. The van der Waals surface area contributed by atoms with Gasteiger partial charge in [-0.25, -0.2) is 4.98 Å². The molecule has 0 atom stereocenters. The van der Waals surface area contributed by atoms with Gasteiger partial charge in [0, 0.05) is 18.3 Å². The Morgan fingerprint density at radius 2 is 2.06 bits per heavy atom. The average Bonchev–Trinajstić information content (AvgIpc) is 2.37. The lowest BCUT2D eigenvalue weighted by Crippen LogP contribution is -2.39. The van der Waals surface area contributed by atoms with Crippen molar-refractivity contribution in [3.8, 4) is 5.88 Å². The summed E-state index contributed by atoms with van der Waals surface area (Å²) in [7, 11) is 1.58. The minimum atomic E-state index is -0.613. The second-order valence-corrected chi connectivity index (χ2v) is 5.01. The Bertz CT molecular complexity index is 403. The zero-order valence-electron chi connectivity index (χ0n) is 11.1. The van der Waals surface area contributed by atoms with Gasteiger partial charge >= 0.3 is 0 Å². The van der Waals surface area contributed by atoms with Crippen LogP contribution in [0.1, 0.15) is 37.8 Å². The third kappa shape index (κ3) is 3.32. The number of hydrogen-bond donors (Lipinski definition) is 2.